The first-order valence-electron chi connectivity index (χ1n) is 11.9. The molecule has 3 N–H and O–H groups in total. The fourth-order valence-electron chi connectivity index (χ4n) is 3.79. The summed E-state index contributed by atoms with van der Waals surface area (Å²) < 4.78 is 28.5. The summed E-state index contributed by atoms with van der Waals surface area (Å²) in [6.07, 6.45) is 3.99. The summed E-state index contributed by atoms with van der Waals surface area (Å²) >= 11 is 0. The summed E-state index contributed by atoms with van der Waals surface area (Å²) in [7, 11) is 0. The van der Waals surface area contributed by atoms with E-state index in [1.807, 2.05) is 6.07 Å². The number of nitriles is 1. The zero-order valence-corrected chi connectivity index (χ0v) is 21.2. The number of aromatic nitrogens is 7. The van der Waals surface area contributed by atoms with Gasteiger partial charge in [0.15, 0.2) is 23.0 Å². The molecule has 0 fully saturated rings. The molecule has 0 aliphatic carbocycles. The molecular weight excluding hydrogens is 518 g/mol. The van der Waals surface area contributed by atoms with Crippen LogP contribution in [0.2, 0.25) is 0 Å². The van der Waals surface area contributed by atoms with Gasteiger partial charge in [-0.1, -0.05) is 6.07 Å². The average Bonchev–Trinajstić information content (AvgIpc) is 3.40. The number of anilines is 2. The molecule has 5 aromatic rings. The van der Waals surface area contributed by atoms with Crippen molar-refractivity contribution in [3.63, 3.8) is 0 Å². The molecule has 1 amide bonds. The Bertz CT molecular complexity index is 1760. The maximum Gasteiger partial charge on any atom is 0.273 e. The lowest BCUT2D eigenvalue weighted by Gasteiger charge is -2.09. The Morgan fingerprint density at radius 2 is 1.88 bits per heavy atom. The quantitative estimate of drug-likeness (QED) is 0.277. The van der Waals surface area contributed by atoms with Crippen LogP contribution in [0.5, 0.6) is 0 Å². The lowest BCUT2D eigenvalue weighted by atomic mass is 10.1. The number of amides is 1. The van der Waals surface area contributed by atoms with Crippen LogP contribution in [0.4, 0.5) is 20.4 Å². The van der Waals surface area contributed by atoms with E-state index in [2.05, 4.69) is 45.8 Å². The van der Waals surface area contributed by atoms with Crippen molar-refractivity contribution in [3.05, 3.63) is 95.0 Å². The molecule has 5 heterocycles. The Morgan fingerprint density at radius 3 is 2.60 bits per heavy atom. The first-order chi connectivity index (χ1) is 19.3. The van der Waals surface area contributed by atoms with Crippen molar-refractivity contribution >= 4 is 17.5 Å². The van der Waals surface area contributed by atoms with Gasteiger partial charge in [-0.25, -0.2) is 23.7 Å². The number of nitrogens with one attached hydrogen (secondary N) is 3. The fourth-order valence-corrected chi connectivity index (χ4v) is 3.79. The number of halogens is 2. The minimum absolute atomic E-state index is 0.0759. The van der Waals surface area contributed by atoms with Gasteiger partial charge >= 0.3 is 0 Å². The van der Waals surface area contributed by atoms with E-state index in [0.29, 0.717) is 39.8 Å². The molecule has 13 heteroatoms. The van der Waals surface area contributed by atoms with Crippen LogP contribution >= 0.6 is 0 Å². The number of aryl methyl sites for hydroxylation is 2. The molecule has 11 nitrogen and oxygen atoms in total. The molecule has 0 bridgehead atoms. The van der Waals surface area contributed by atoms with Gasteiger partial charge in [0, 0.05) is 53.6 Å². The van der Waals surface area contributed by atoms with E-state index < -0.39 is 17.5 Å². The Balaban J connectivity index is 1.27. The Hall–Kier alpha value is -5.64. The van der Waals surface area contributed by atoms with E-state index >= 15 is 0 Å². The molecule has 0 atom stereocenters. The van der Waals surface area contributed by atoms with Gasteiger partial charge in [0.25, 0.3) is 5.91 Å². The summed E-state index contributed by atoms with van der Waals surface area (Å²) in [5, 5.41) is 21.0. The highest BCUT2D eigenvalue weighted by Gasteiger charge is 2.17. The summed E-state index contributed by atoms with van der Waals surface area (Å²) in [4.78, 5) is 33.7. The maximum absolute atomic E-state index is 14.9. The molecule has 5 rings (SSSR count). The molecule has 0 unspecified atom stereocenters. The molecular formula is C27H20F2N10O. The van der Waals surface area contributed by atoms with Crippen molar-refractivity contribution in [2.75, 3.05) is 5.32 Å². The largest absolute Gasteiger partial charge is 0.346 e. The lowest BCUT2D eigenvalue weighted by Crippen LogP contribution is -2.25. The van der Waals surface area contributed by atoms with E-state index in [0.717, 1.165) is 12.3 Å². The molecule has 0 radical (unpaired) electrons. The van der Waals surface area contributed by atoms with Gasteiger partial charge in [-0.15, -0.1) is 0 Å². The van der Waals surface area contributed by atoms with E-state index in [1.165, 1.54) is 24.5 Å². The molecule has 0 spiro atoms. The lowest BCUT2D eigenvalue weighted by molar-refractivity contribution is 0.0941. The minimum atomic E-state index is -0.843. The third-order valence-corrected chi connectivity index (χ3v) is 5.73. The van der Waals surface area contributed by atoms with Crippen molar-refractivity contribution in [2.45, 2.75) is 20.4 Å². The second-order valence-electron chi connectivity index (χ2n) is 8.70. The van der Waals surface area contributed by atoms with Crippen molar-refractivity contribution < 1.29 is 13.6 Å². The van der Waals surface area contributed by atoms with Crippen LogP contribution in [-0.2, 0) is 6.54 Å². The number of carbonyl (C=O) groups is 1. The first-order valence-corrected chi connectivity index (χ1v) is 11.9. The third kappa shape index (κ3) is 5.76. The van der Waals surface area contributed by atoms with Gasteiger partial charge in [-0.05, 0) is 37.6 Å². The first kappa shape index (κ1) is 26.0. The van der Waals surface area contributed by atoms with Crippen molar-refractivity contribution in [2.24, 2.45) is 0 Å². The van der Waals surface area contributed by atoms with Gasteiger partial charge in [-0.2, -0.15) is 10.4 Å². The second kappa shape index (κ2) is 11.0. The predicted octanol–water partition coefficient (Wildman–Crippen LogP) is 4.16. The molecule has 0 aliphatic rings. The van der Waals surface area contributed by atoms with Gasteiger partial charge in [0.1, 0.15) is 23.5 Å². The highest BCUT2D eigenvalue weighted by Crippen LogP contribution is 2.22. The van der Waals surface area contributed by atoms with Crippen LogP contribution in [0, 0.1) is 36.8 Å². The van der Waals surface area contributed by atoms with Crippen LogP contribution in [0.3, 0.4) is 0 Å². The molecule has 0 aromatic carbocycles. The Morgan fingerprint density at radius 1 is 1.02 bits per heavy atom. The van der Waals surface area contributed by atoms with Gasteiger partial charge in [0.05, 0.1) is 11.9 Å². The van der Waals surface area contributed by atoms with Gasteiger partial charge in [-0.3, -0.25) is 19.9 Å². The molecule has 40 heavy (non-hydrogen) atoms. The summed E-state index contributed by atoms with van der Waals surface area (Å²) in [5.74, 6) is -0.989. The van der Waals surface area contributed by atoms with Gasteiger partial charge < -0.3 is 10.6 Å². The Kier molecular flexibility index (Phi) is 7.14. The molecule has 0 saturated carbocycles. The topological polar surface area (TPSA) is 158 Å². The average molecular weight is 539 g/mol. The van der Waals surface area contributed by atoms with Crippen LogP contribution in [0.25, 0.3) is 22.6 Å². The van der Waals surface area contributed by atoms with Crippen LogP contribution in [0.15, 0.2) is 55.0 Å². The zero-order valence-electron chi connectivity index (χ0n) is 21.2. The number of pyridine rings is 3. The van der Waals surface area contributed by atoms with Gasteiger partial charge in [0.2, 0.25) is 0 Å². The number of rotatable bonds is 7. The molecule has 0 aliphatic heterocycles. The summed E-state index contributed by atoms with van der Waals surface area (Å²) in [6.45, 7) is 3.57. The van der Waals surface area contributed by atoms with Crippen LogP contribution < -0.4 is 10.6 Å². The minimum Gasteiger partial charge on any atom is -0.346 e. The van der Waals surface area contributed by atoms with Crippen LogP contribution in [0.1, 0.15) is 33.1 Å². The van der Waals surface area contributed by atoms with Crippen molar-refractivity contribution in [3.8, 4) is 28.7 Å². The third-order valence-electron chi connectivity index (χ3n) is 5.73. The SMILES string of the molecule is Cc1cc(Nc2cc(C#N)n[nH]2)nc(-c2cnc(C(=O)NCc3ccc(-c4cc(F)cnc4C)nc3)c(F)c2)n1. The molecule has 0 saturated heterocycles. The second-order valence-corrected chi connectivity index (χ2v) is 8.70. The molecule has 198 valence electrons. The fraction of sp³-hybridized carbons (Fsp3) is 0.111. The maximum atomic E-state index is 14.9. The number of nitrogens with zero attached hydrogens (tertiary/aromatic N) is 7. The van der Waals surface area contributed by atoms with E-state index in [4.69, 9.17) is 5.26 Å². The summed E-state index contributed by atoms with van der Waals surface area (Å²) in [6, 6.07) is 11.0. The summed E-state index contributed by atoms with van der Waals surface area (Å²) in [5.41, 5.74) is 3.08. The Labute approximate surface area is 226 Å². The van der Waals surface area contributed by atoms with Crippen molar-refractivity contribution in [1.82, 2.24) is 40.4 Å². The number of H-pyrrole nitrogens is 1. The predicted molar refractivity (Wildman–Crippen MR) is 140 cm³/mol. The molecule has 5 aromatic heterocycles. The van der Waals surface area contributed by atoms with E-state index in [9.17, 15) is 13.6 Å². The highest BCUT2D eigenvalue weighted by atomic mass is 19.1. The van der Waals surface area contributed by atoms with Crippen molar-refractivity contribution in [1.29, 1.82) is 5.26 Å². The van der Waals surface area contributed by atoms with E-state index in [-0.39, 0.29) is 29.3 Å². The van der Waals surface area contributed by atoms with E-state index in [1.54, 1.807) is 32.0 Å². The highest BCUT2D eigenvalue weighted by molar-refractivity contribution is 5.92. The number of hydrogen-bond acceptors (Lipinski definition) is 9. The zero-order chi connectivity index (χ0) is 28.2. The smallest absolute Gasteiger partial charge is 0.273 e. The number of carbonyl (C=O) groups excluding carboxylic acids is 1. The van der Waals surface area contributed by atoms with Crippen LogP contribution in [-0.4, -0.2) is 41.0 Å². The normalized spacial score (nSPS) is 10.7. The standard InChI is InChI=1S/C27H20F2N10O/c1-14-5-23(36-24-8-19(9-30)38-39-24)37-26(35-14)17-6-21(29)25(33-12-17)27(40)34-11-16-3-4-22(32-10-16)20-7-18(28)13-31-15(20)2/h3-8,10,12-13H,11H2,1-2H3,(H,34,40)(H2,35,36,37,38,39). The number of aromatic amines is 1. The number of hydrogen-bond donors (Lipinski definition) is 3. The monoisotopic (exact) mass is 538 g/mol.